The van der Waals surface area contributed by atoms with Gasteiger partial charge in [-0.1, -0.05) is 30.7 Å². The van der Waals surface area contributed by atoms with Gasteiger partial charge in [-0.15, -0.1) is 0 Å². The van der Waals surface area contributed by atoms with Crippen molar-refractivity contribution in [2.75, 3.05) is 6.54 Å². The average molecular weight is 203 g/mol. The number of rotatable bonds is 2. The second-order valence-corrected chi connectivity index (χ2v) is 4.78. The van der Waals surface area contributed by atoms with Crippen LogP contribution in [-0.4, -0.2) is 6.54 Å². The smallest absolute Gasteiger partial charge is 0.0435 e. The third-order valence-electron chi connectivity index (χ3n) is 3.74. The highest BCUT2D eigenvalue weighted by Gasteiger charge is 2.34. The van der Waals surface area contributed by atoms with Gasteiger partial charge < -0.3 is 5.32 Å². The monoisotopic (exact) mass is 203 g/mol. The zero-order valence-electron chi connectivity index (χ0n) is 10.1. The minimum absolute atomic E-state index is 0.262. The van der Waals surface area contributed by atoms with Crippen molar-refractivity contribution in [1.82, 2.24) is 5.32 Å². The molecule has 15 heavy (non-hydrogen) atoms. The van der Waals surface area contributed by atoms with Gasteiger partial charge in [0.15, 0.2) is 0 Å². The molecule has 1 aromatic rings. The van der Waals surface area contributed by atoms with Crippen LogP contribution >= 0.6 is 0 Å². The summed E-state index contributed by atoms with van der Waals surface area (Å²) in [6.45, 7) is 7.86. The van der Waals surface area contributed by atoms with Crippen molar-refractivity contribution >= 4 is 0 Å². The van der Waals surface area contributed by atoms with Crippen LogP contribution in [0.2, 0.25) is 0 Å². The Hall–Kier alpha value is -0.820. The summed E-state index contributed by atoms with van der Waals surface area (Å²) in [7, 11) is 0. The number of hydrogen-bond donors (Lipinski definition) is 1. The summed E-state index contributed by atoms with van der Waals surface area (Å²) in [5, 5.41) is 3.70. The molecule has 1 heterocycles. The fourth-order valence-corrected chi connectivity index (χ4v) is 2.88. The lowest BCUT2D eigenvalue weighted by Crippen LogP contribution is -2.36. The molecule has 1 heteroatoms. The van der Waals surface area contributed by atoms with Crippen LogP contribution in [0.5, 0.6) is 0 Å². The van der Waals surface area contributed by atoms with Crippen LogP contribution in [0, 0.1) is 13.8 Å². The van der Waals surface area contributed by atoms with Crippen molar-refractivity contribution in [3.05, 3.63) is 34.9 Å². The normalized spacial score (nSPS) is 25.8. The van der Waals surface area contributed by atoms with Crippen molar-refractivity contribution in [1.29, 1.82) is 0 Å². The summed E-state index contributed by atoms with van der Waals surface area (Å²) in [6, 6.07) is 6.85. The lowest BCUT2D eigenvalue weighted by atomic mass is 9.83. The zero-order valence-corrected chi connectivity index (χ0v) is 10.1. The Bertz CT molecular complexity index is 348. The fraction of sp³-hybridized carbons (Fsp3) is 0.571. The summed E-state index contributed by atoms with van der Waals surface area (Å²) in [5.41, 5.74) is 4.57. The zero-order chi connectivity index (χ0) is 10.9. The van der Waals surface area contributed by atoms with Gasteiger partial charge in [0.2, 0.25) is 0 Å². The number of nitrogens with one attached hydrogen (secondary N) is 1. The molecule has 82 valence electrons. The van der Waals surface area contributed by atoms with Crippen LogP contribution in [0.4, 0.5) is 0 Å². The molecule has 1 saturated heterocycles. The topological polar surface area (TPSA) is 12.0 Å². The lowest BCUT2D eigenvalue weighted by Gasteiger charge is -2.30. The van der Waals surface area contributed by atoms with E-state index in [1.807, 2.05) is 0 Å². The molecule has 0 amide bonds. The first kappa shape index (κ1) is 10.7. The molecule has 1 N–H and O–H groups in total. The molecule has 1 fully saturated rings. The first-order valence-electron chi connectivity index (χ1n) is 6.01. The molecule has 0 aromatic heterocycles. The van der Waals surface area contributed by atoms with Gasteiger partial charge in [0.25, 0.3) is 0 Å². The summed E-state index contributed by atoms with van der Waals surface area (Å²) < 4.78 is 0. The van der Waals surface area contributed by atoms with Gasteiger partial charge in [-0.2, -0.15) is 0 Å². The number of aryl methyl sites for hydroxylation is 2. The van der Waals surface area contributed by atoms with Crippen molar-refractivity contribution in [3.63, 3.8) is 0 Å². The highest BCUT2D eigenvalue weighted by Crippen LogP contribution is 2.35. The Morgan fingerprint density at radius 3 is 2.67 bits per heavy atom. The summed E-state index contributed by atoms with van der Waals surface area (Å²) in [6.07, 6.45) is 3.78. The Labute approximate surface area is 92.9 Å². The van der Waals surface area contributed by atoms with Gasteiger partial charge in [0, 0.05) is 5.54 Å². The minimum atomic E-state index is 0.262. The van der Waals surface area contributed by atoms with Gasteiger partial charge >= 0.3 is 0 Å². The Balaban J connectivity index is 2.42. The maximum absolute atomic E-state index is 3.70. The minimum Gasteiger partial charge on any atom is -0.307 e. The lowest BCUT2D eigenvalue weighted by molar-refractivity contribution is 0.374. The Morgan fingerprint density at radius 1 is 1.33 bits per heavy atom. The third kappa shape index (κ3) is 1.81. The van der Waals surface area contributed by atoms with E-state index in [1.54, 1.807) is 0 Å². The second-order valence-electron chi connectivity index (χ2n) is 4.78. The molecule has 1 aliphatic heterocycles. The molecule has 1 unspecified atom stereocenters. The fourth-order valence-electron chi connectivity index (χ4n) is 2.88. The molecule has 0 radical (unpaired) electrons. The van der Waals surface area contributed by atoms with Crippen LogP contribution in [0.1, 0.15) is 42.9 Å². The van der Waals surface area contributed by atoms with E-state index in [0.717, 1.165) is 0 Å². The largest absolute Gasteiger partial charge is 0.307 e. The second kappa shape index (κ2) is 3.97. The van der Waals surface area contributed by atoms with Crippen LogP contribution < -0.4 is 5.32 Å². The van der Waals surface area contributed by atoms with Crippen molar-refractivity contribution in [2.45, 2.75) is 45.6 Å². The highest BCUT2D eigenvalue weighted by atomic mass is 15.0. The van der Waals surface area contributed by atoms with Crippen LogP contribution in [-0.2, 0) is 5.54 Å². The summed E-state index contributed by atoms with van der Waals surface area (Å²) in [4.78, 5) is 0. The third-order valence-corrected chi connectivity index (χ3v) is 3.74. The van der Waals surface area contributed by atoms with Gasteiger partial charge in [-0.05, 0) is 50.8 Å². The van der Waals surface area contributed by atoms with Crippen molar-refractivity contribution in [3.8, 4) is 0 Å². The summed E-state index contributed by atoms with van der Waals surface area (Å²) >= 11 is 0. The molecule has 0 aliphatic carbocycles. The predicted molar refractivity (Wildman–Crippen MR) is 65.1 cm³/mol. The predicted octanol–water partition coefficient (Wildman–Crippen LogP) is 3.29. The molecule has 0 spiro atoms. The number of benzene rings is 1. The van der Waals surface area contributed by atoms with Crippen molar-refractivity contribution in [2.24, 2.45) is 0 Å². The first-order valence-corrected chi connectivity index (χ1v) is 6.01. The Kier molecular flexibility index (Phi) is 2.83. The van der Waals surface area contributed by atoms with E-state index in [9.17, 15) is 0 Å². The Morgan fingerprint density at radius 2 is 2.13 bits per heavy atom. The molecule has 2 rings (SSSR count). The van der Waals surface area contributed by atoms with Gasteiger partial charge in [-0.3, -0.25) is 0 Å². The van der Waals surface area contributed by atoms with Crippen LogP contribution in [0.3, 0.4) is 0 Å². The molecule has 0 bridgehead atoms. The highest BCUT2D eigenvalue weighted by molar-refractivity contribution is 5.36. The van der Waals surface area contributed by atoms with Crippen molar-refractivity contribution < 1.29 is 0 Å². The molecule has 1 aliphatic rings. The van der Waals surface area contributed by atoms with E-state index in [1.165, 1.54) is 42.5 Å². The summed E-state index contributed by atoms with van der Waals surface area (Å²) in [5.74, 6) is 0. The van der Waals surface area contributed by atoms with Gasteiger partial charge in [0.05, 0.1) is 0 Å². The van der Waals surface area contributed by atoms with Crippen LogP contribution in [0.15, 0.2) is 18.2 Å². The molecule has 1 atom stereocenters. The number of hydrogen-bond acceptors (Lipinski definition) is 1. The standard InChI is InChI=1S/C14H21N/c1-4-14(8-5-9-15-14)13-7-6-11(2)10-12(13)3/h6-7,10,15H,4-5,8-9H2,1-3H3. The van der Waals surface area contributed by atoms with E-state index in [-0.39, 0.29) is 5.54 Å². The van der Waals surface area contributed by atoms with E-state index in [2.05, 4.69) is 44.3 Å². The van der Waals surface area contributed by atoms with E-state index in [4.69, 9.17) is 0 Å². The van der Waals surface area contributed by atoms with E-state index in [0.29, 0.717) is 0 Å². The maximum Gasteiger partial charge on any atom is 0.0435 e. The maximum atomic E-state index is 3.70. The molecule has 0 saturated carbocycles. The van der Waals surface area contributed by atoms with Crippen LogP contribution in [0.25, 0.3) is 0 Å². The quantitative estimate of drug-likeness (QED) is 0.777. The molecular formula is C14H21N. The van der Waals surface area contributed by atoms with E-state index >= 15 is 0 Å². The van der Waals surface area contributed by atoms with E-state index < -0.39 is 0 Å². The van der Waals surface area contributed by atoms with Gasteiger partial charge in [-0.25, -0.2) is 0 Å². The SMILES string of the molecule is CCC1(c2ccc(C)cc2C)CCCN1. The molecular weight excluding hydrogens is 182 g/mol. The van der Waals surface area contributed by atoms with Gasteiger partial charge in [0.1, 0.15) is 0 Å². The average Bonchev–Trinajstić information content (AvgIpc) is 2.67. The molecule has 1 nitrogen and oxygen atoms in total. The molecule has 1 aromatic carbocycles. The first-order chi connectivity index (χ1) is 7.18.